The predicted molar refractivity (Wildman–Crippen MR) is 80.9 cm³/mol. The third-order valence-electron chi connectivity index (χ3n) is 3.83. The van der Waals surface area contributed by atoms with Gasteiger partial charge in [0.2, 0.25) is 0 Å². The molecule has 0 atom stereocenters. The van der Waals surface area contributed by atoms with Gasteiger partial charge in [-0.15, -0.1) is 0 Å². The van der Waals surface area contributed by atoms with Crippen LogP contribution in [0.15, 0.2) is 36.4 Å². The lowest BCUT2D eigenvalue weighted by molar-refractivity contribution is 0.102. The Kier molecular flexibility index (Phi) is 3.71. The Labute approximate surface area is 123 Å². The third-order valence-corrected chi connectivity index (χ3v) is 3.83. The first kappa shape index (κ1) is 13.8. The van der Waals surface area contributed by atoms with Crippen molar-refractivity contribution in [2.24, 2.45) is 0 Å². The minimum absolute atomic E-state index is 0.0800. The lowest BCUT2D eigenvalue weighted by atomic mass is 9.99. The maximum Gasteiger partial charge on any atom is 0.258 e. The van der Waals surface area contributed by atoms with Gasteiger partial charge in [-0.2, -0.15) is 0 Å². The van der Waals surface area contributed by atoms with Gasteiger partial charge in [-0.1, -0.05) is 24.3 Å². The number of halogens is 1. The zero-order chi connectivity index (χ0) is 14.8. The normalized spacial score (nSPS) is 13.6. The largest absolute Gasteiger partial charge is 0.322 e. The number of fused-ring (bicyclic) bond motifs is 1. The maximum absolute atomic E-state index is 14.0. The number of hydrogen-bond donors (Lipinski definition) is 2. The summed E-state index contributed by atoms with van der Waals surface area (Å²) >= 11 is 0. The summed E-state index contributed by atoms with van der Waals surface area (Å²) in [6.45, 7) is 3.32. The lowest BCUT2D eigenvalue weighted by Gasteiger charge is -2.20. The molecule has 2 aromatic rings. The number of carbonyl (C=O) groups is 1. The number of benzene rings is 2. The van der Waals surface area contributed by atoms with Crippen LogP contribution in [0.5, 0.6) is 0 Å². The van der Waals surface area contributed by atoms with Gasteiger partial charge in [0.05, 0.1) is 5.56 Å². The van der Waals surface area contributed by atoms with Crippen LogP contribution in [0.4, 0.5) is 10.1 Å². The van der Waals surface area contributed by atoms with Crippen LogP contribution in [0.2, 0.25) is 0 Å². The summed E-state index contributed by atoms with van der Waals surface area (Å²) < 4.78 is 14.0. The smallest absolute Gasteiger partial charge is 0.258 e. The van der Waals surface area contributed by atoms with E-state index in [0.717, 1.165) is 30.8 Å². The van der Waals surface area contributed by atoms with Gasteiger partial charge in [0.1, 0.15) is 5.82 Å². The fraction of sp³-hybridized carbons (Fsp3) is 0.235. The second kappa shape index (κ2) is 5.66. The topological polar surface area (TPSA) is 41.1 Å². The van der Waals surface area contributed by atoms with Crippen molar-refractivity contribution in [3.63, 3.8) is 0 Å². The summed E-state index contributed by atoms with van der Waals surface area (Å²) in [5.74, 6) is -0.868. The molecule has 2 aromatic carbocycles. The van der Waals surface area contributed by atoms with Crippen LogP contribution >= 0.6 is 0 Å². The molecule has 0 bridgehead atoms. The lowest BCUT2D eigenvalue weighted by Crippen LogP contribution is -2.25. The third kappa shape index (κ3) is 2.67. The Morgan fingerprint density at radius 1 is 1.24 bits per heavy atom. The van der Waals surface area contributed by atoms with E-state index in [1.165, 1.54) is 11.6 Å². The van der Waals surface area contributed by atoms with E-state index in [1.807, 2.05) is 12.1 Å². The quantitative estimate of drug-likeness (QED) is 0.890. The number of rotatable bonds is 2. The number of carbonyl (C=O) groups excluding carboxylic acids is 1. The molecule has 0 saturated carbocycles. The first-order valence-corrected chi connectivity index (χ1v) is 7.05. The van der Waals surface area contributed by atoms with Crippen LogP contribution < -0.4 is 10.6 Å². The van der Waals surface area contributed by atoms with Crippen LogP contribution in [-0.4, -0.2) is 12.5 Å². The van der Waals surface area contributed by atoms with Crippen molar-refractivity contribution < 1.29 is 9.18 Å². The van der Waals surface area contributed by atoms with Crippen molar-refractivity contribution >= 4 is 11.6 Å². The minimum atomic E-state index is -0.460. The molecule has 3 rings (SSSR count). The Hall–Kier alpha value is -2.20. The van der Waals surface area contributed by atoms with Gasteiger partial charge in [-0.25, -0.2) is 4.39 Å². The summed E-state index contributed by atoms with van der Waals surface area (Å²) in [5, 5.41) is 6.12. The average Bonchev–Trinajstić information content (AvgIpc) is 2.50. The van der Waals surface area contributed by atoms with Crippen LogP contribution in [0, 0.1) is 12.7 Å². The van der Waals surface area contributed by atoms with E-state index in [1.54, 1.807) is 19.1 Å². The fourth-order valence-electron chi connectivity index (χ4n) is 2.64. The van der Waals surface area contributed by atoms with Gasteiger partial charge in [-0.3, -0.25) is 4.79 Å². The van der Waals surface area contributed by atoms with Crippen molar-refractivity contribution in [2.45, 2.75) is 19.9 Å². The molecule has 0 radical (unpaired) electrons. The second-order valence-corrected chi connectivity index (χ2v) is 5.26. The molecule has 0 aromatic heterocycles. The molecule has 0 fully saturated rings. The minimum Gasteiger partial charge on any atom is -0.322 e. The molecule has 1 heterocycles. The molecular weight excluding hydrogens is 267 g/mol. The molecular formula is C17H17FN2O. The summed E-state index contributed by atoms with van der Waals surface area (Å²) in [4.78, 5) is 12.3. The molecule has 0 aliphatic carbocycles. The van der Waals surface area contributed by atoms with Crippen molar-refractivity contribution in [2.75, 3.05) is 11.9 Å². The van der Waals surface area contributed by atoms with Crippen molar-refractivity contribution in [3.8, 4) is 0 Å². The molecule has 1 amide bonds. The Morgan fingerprint density at radius 2 is 2.05 bits per heavy atom. The van der Waals surface area contributed by atoms with Crippen molar-refractivity contribution in [1.29, 1.82) is 0 Å². The highest BCUT2D eigenvalue weighted by Gasteiger charge is 2.17. The number of hydrogen-bond acceptors (Lipinski definition) is 2. The SMILES string of the molecule is Cc1cccc(C(=O)Nc2cccc3c2CNCC3)c1F. The van der Waals surface area contributed by atoms with Gasteiger partial charge in [-0.05, 0) is 48.7 Å². The number of nitrogens with one attached hydrogen (secondary N) is 2. The van der Waals surface area contributed by atoms with Crippen molar-refractivity contribution in [1.82, 2.24) is 5.32 Å². The Morgan fingerprint density at radius 3 is 2.90 bits per heavy atom. The number of amides is 1. The average molecular weight is 284 g/mol. The molecule has 108 valence electrons. The van der Waals surface area contributed by atoms with Gasteiger partial charge < -0.3 is 10.6 Å². The predicted octanol–water partition coefficient (Wildman–Crippen LogP) is 3.03. The molecule has 1 aliphatic heterocycles. The van der Waals surface area contributed by atoms with Gasteiger partial charge in [0, 0.05) is 12.2 Å². The molecule has 1 aliphatic rings. The second-order valence-electron chi connectivity index (χ2n) is 5.26. The van der Waals surface area contributed by atoms with Crippen LogP contribution in [0.25, 0.3) is 0 Å². The van der Waals surface area contributed by atoms with Crippen LogP contribution in [0.1, 0.15) is 27.0 Å². The standard InChI is InChI=1S/C17H17FN2O/c1-11-4-2-6-13(16(11)18)17(21)20-15-7-3-5-12-8-9-19-10-14(12)15/h2-7,19H,8-10H2,1H3,(H,20,21). The fourth-order valence-corrected chi connectivity index (χ4v) is 2.64. The van der Waals surface area contributed by atoms with E-state index < -0.39 is 11.7 Å². The monoisotopic (exact) mass is 284 g/mol. The zero-order valence-electron chi connectivity index (χ0n) is 11.9. The first-order valence-electron chi connectivity index (χ1n) is 7.05. The van der Waals surface area contributed by atoms with Crippen LogP contribution in [0.3, 0.4) is 0 Å². The van der Waals surface area contributed by atoms with E-state index in [4.69, 9.17) is 0 Å². The number of aryl methyl sites for hydroxylation is 1. The maximum atomic E-state index is 14.0. The molecule has 3 nitrogen and oxygen atoms in total. The Balaban J connectivity index is 1.90. The molecule has 0 saturated heterocycles. The summed E-state index contributed by atoms with van der Waals surface area (Å²) in [6, 6.07) is 10.7. The van der Waals surface area contributed by atoms with E-state index in [0.29, 0.717) is 5.56 Å². The molecule has 0 unspecified atom stereocenters. The highest BCUT2D eigenvalue weighted by molar-refractivity contribution is 6.05. The molecule has 4 heteroatoms. The van der Waals surface area contributed by atoms with E-state index >= 15 is 0 Å². The molecule has 2 N–H and O–H groups in total. The molecule has 0 spiro atoms. The Bertz CT molecular complexity index is 697. The van der Waals surface area contributed by atoms with Gasteiger partial charge in [0.15, 0.2) is 0 Å². The van der Waals surface area contributed by atoms with E-state index in [9.17, 15) is 9.18 Å². The van der Waals surface area contributed by atoms with Gasteiger partial charge in [0.25, 0.3) is 5.91 Å². The summed E-state index contributed by atoms with van der Waals surface area (Å²) in [6.07, 6.45) is 0.942. The van der Waals surface area contributed by atoms with Gasteiger partial charge >= 0.3 is 0 Å². The summed E-state index contributed by atoms with van der Waals surface area (Å²) in [5.41, 5.74) is 3.63. The highest BCUT2D eigenvalue weighted by Crippen LogP contribution is 2.24. The molecule has 21 heavy (non-hydrogen) atoms. The number of anilines is 1. The first-order chi connectivity index (χ1) is 10.2. The van der Waals surface area contributed by atoms with E-state index in [2.05, 4.69) is 16.7 Å². The van der Waals surface area contributed by atoms with Crippen LogP contribution in [-0.2, 0) is 13.0 Å². The zero-order valence-corrected chi connectivity index (χ0v) is 11.9. The van der Waals surface area contributed by atoms with Crippen molar-refractivity contribution in [3.05, 3.63) is 64.5 Å². The summed E-state index contributed by atoms with van der Waals surface area (Å²) in [7, 11) is 0. The highest BCUT2D eigenvalue weighted by atomic mass is 19.1. The van der Waals surface area contributed by atoms with E-state index in [-0.39, 0.29) is 5.56 Å².